The highest BCUT2D eigenvalue weighted by molar-refractivity contribution is 5.87. The van der Waals surface area contributed by atoms with Gasteiger partial charge in [-0.1, -0.05) is 12.1 Å². The second-order valence-electron chi connectivity index (χ2n) is 7.81. The van der Waals surface area contributed by atoms with Crippen molar-refractivity contribution in [2.75, 3.05) is 61.1 Å². The summed E-state index contributed by atoms with van der Waals surface area (Å²) in [6, 6.07) is 4.99. The molecule has 4 rings (SSSR count). The van der Waals surface area contributed by atoms with E-state index in [0.29, 0.717) is 31.9 Å². The second kappa shape index (κ2) is 9.86. The Kier molecular flexibility index (Phi) is 6.73. The first-order valence-corrected chi connectivity index (χ1v) is 10.6. The highest BCUT2D eigenvalue weighted by Gasteiger charge is 2.28. The summed E-state index contributed by atoms with van der Waals surface area (Å²) in [5.41, 5.74) is 11.0. The second-order valence-corrected chi connectivity index (χ2v) is 7.81. The SMILES string of the molecule is COC1CN(c2cnc(N3CCN(c4cccc(COC(=O)N=C(N)N)c4F)CC3)cn2)C1. The van der Waals surface area contributed by atoms with Crippen LogP contribution in [-0.2, 0) is 16.1 Å². The third-order valence-corrected chi connectivity index (χ3v) is 5.70. The number of benzene rings is 1. The summed E-state index contributed by atoms with van der Waals surface area (Å²) >= 11 is 0. The summed E-state index contributed by atoms with van der Waals surface area (Å²) in [7, 11) is 1.71. The van der Waals surface area contributed by atoms with Gasteiger partial charge in [0, 0.05) is 51.9 Å². The molecule has 2 aromatic rings. The molecule has 4 N–H and O–H groups in total. The smallest absolute Gasteiger partial charge is 0.437 e. The normalized spacial score (nSPS) is 16.4. The maximum absolute atomic E-state index is 15.0. The van der Waals surface area contributed by atoms with Gasteiger partial charge in [-0.2, -0.15) is 0 Å². The molecule has 0 aliphatic carbocycles. The average Bonchev–Trinajstić information content (AvgIpc) is 2.78. The molecule has 0 spiro atoms. The lowest BCUT2D eigenvalue weighted by Gasteiger charge is -2.39. The number of methoxy groups -OCH3 is 1. The van der Waals surface area contributed by atoms with Crippen LogP contribution in [-0.4, -0.2) is 74.5 Å². The van der Waals surface area contributed by atoms with E-state index in [9.17, 15) is 4.79 Å². The molecule has 1 amide bonds. The minimum Gasteiger partial charge on any atom is -0.443 e. The molecule has 0 unspecified atom stereocenters. The number of rotatable bonds is 6. The number of carbonyl (C=O) groups is 1. The number of ether oxygens (including phenoxy) is 2. The lowest BCUT2D eigenvalue weighted by Crippen LogP contribution is -2.52. The van der Waals surface area contributed by atoms with E-state index < -0.39 is 17.9 Å². The zero-order chi connectivity index (χ0) is 23.4. The van der Waals surface area contributed by atoms with Crippen molar-refractivity contribution in [2.24, 2.45) is 16.5 Å². The van der Waals surface area contributed by atoms with Crippen molar-refractivity contribution < 1.29 is 18.7 Å². The van der Waals surface area contributed by atoms with Crippen molar-refractivity contribution in [3.05, 3.63) is 42.0 Å². The first-order valence-electron chi connectivity index (χ1n) is 10.6. The van der Waals surface area contributed by atoms with Crippen molar-refractivity contribution in [3.8, 4) is 0 Å². The van der Waals surface area contributed by atoms with Gasteiger partial charge in [-0.3, -0.25) is 0 Å². The number of amides is 1. The monoisotopic (exact) mass is 458 g/mol. The Hall–Kier alpha value is -3.67. The van der Waals surface area contributed by atoms with Crippen LogP contribution in [0.4, 0.5) is 26.5 Å². The fourth-order valence-corrected chi connectivity index (χ4v) is 3.79. The summed E-state index contributed by atoms with van der Waals surface area (Å²) in [6.45, 7) is 3.94. The van der Waals surface area contributed by atoms with Gasteiger partial charge in [0.15, 0.2) is 11.8 Å². The predicted molar refractivity (Wildman–Crippen MR) is 122 cm³/mol. The van der Waals surface area contributed by atoms with E-state index in [1.807, 2.05) is 4.90 Å². The van der Waals surface area contributed by atoms with E-state index in [-0.39, 0.29) is 18.3 Å². The molecule has 33 heavy (non-hydrogen) atoms. The molecule has 1 aromatic carbocycles. The molecule has 0 atom stereocenters. The van der Waals surface area contributed by atoms with Gasteiger partial charge in [0.25, 0.3) is 0 Å². The van der Waals surface area contributed by atoms with Crippen molar-refractivity contribution in [1.82, 2.24) is 9.97 Å². The minimum absolute atomic E-state index is 0.247. The number of aromatic nitrogens is 2. The van der Waals surface area contributed by atoms with Gasteiger partial charge in [0.2, 0.25) is 0 Å². The fourth-order valence-electron chi connectivity index (χ4n) is 3.79. The van der Waals surface area contributed by atoms with Gasteiger partial charge < -0.3 is 35.6 Å². The first-order chi connectivity index (χ1) is 15.9. The van der Waals surface area contributed by atoms with Crippen LogP contribution in [0.3, 0.4) is 0 Å². The number of carbonyl (C=O) groups excluding carboxylic acids is 1. The summed E-state index contributed by atoms with van der Waals surface area (Å²) in [5.74, 6) is 0.788. The van der Waals surface area contributed by atoms with E-state index >= 15 is 4.39 Å². The van der Waals surface area contributed by atoms with E-state index in [1.165, 1.54) is 0 Å². The van der Waals surface area contributed by atoms with Crippen LogP contribution >= 0.6 is 0 Å². The Morgan fingerprint density at radius 2 is 1.73 bits per heavy atom. The standard InChI is InChI=1S/C21H27FN8O3/c1-32-15-11-30(12-15)18-10-25-17(9-26-18)29-7-5-28(6-8-29)16-4-2-3-14(19(16)22)13-33-21(31)27-20(23)24/h2-4,9-10,15H,5-8,11-13H2,1H3,(H4,23,24,27,31). The topological polar surface area (TPSA) is 135 Å². The van der Waals surface area contributed by atoms with Gasteiger partial charge in [0.1, 0.15) is 18.2 Å². The van der Waals surface area contributed by atoms with Crippen molar-refractivity contribution in [2.45, 2.75) is 12.7 Å². The third-order valence-electron chi connectivity index (χ3n) is 5.70. The number of piperazine rings is 1. The number of hydrogen-bond acceptors (Lipinski definition) is 8. The number of guanidine groups is 1. The highest BCUT2D eigenvalue weighted by Crippen LogP contribution is 2.26. The quantitative estimate of drug-likeness (QED) is 0.470. The maximum atomic E-state index is 15.0. The van der Waals surface area contributed by atoms with Gasteiger partial charge >= 0.3 is 6.09 Å². The number of hydrogen-bond donors (Lipinski definition) is 2. The Morgan fingerprint density at radius 1 is 1.09 bits per heavy atom. The maximum Gasteiger partial charge on any atom is 0.437 e. The van der Waals surface area contributed by atoms with Gasteiger partial charge in [-0.25, -0.2) is 19.2 Å². The van der Waals surface area contributed by atoms with Crippen molar-refractivity contribution in [1.29, 1.82) is 0 Å². The van der Waals surface area contributed by atoms with E-state index in [2.05, 4.69) is 24.8 Å². The number of nitrogens with zero attached hydrogens (tertiary/aromatic N) is 6. The summed E-state index contributed by atoms with van der Waals surface area (Å²) in [6.07, 6.45) is 2.84. The van der Waals surface area contributed by atoms with Crippen LogP contribution in [0.5, 0.6) is 0 Å². The number of anilines is 3. The Bertz CT molecular complexity index is 1000. The highest BCUT2D eigenvalue weighted by atomic mass is 19.1. The molecule has 176 valence electrons. The number of aliphatic imine (C=N–C) groups is 1. The molecule has 2 aliphatic heterocycles. The van der Waals surface area contributed by atoms with Crippen LogP contribution in [0.15, 0.2) is 35.6 Å². The molecule has 0 radical (unpaired) electrons. The molecule has 2 saturated heterocycles. The van der Waals surface area contributed by atoms with Crippen molar-refractivity contribution >= 4 is 29.4 Å². The summed E-state index contributed by atoms with van der Waals surface area (Å²) in [4.78, 5) is 30.0. The van der Waals surface area contributed by atoms with Gasteiger partial charge in [-0.05, 0) is 6.07 Å². The predicted octanol–water partition coefficient (Wildman–Crippen LogP) is 0.687. The van der Waals surface area contributed by atoms with Gasteiger partial charge in [0.05, 0.1) is 24.2 Å². The Morgan fingerprint density at radius 3 is 2.33 bits per heavy atom. The molecule has 11 nitrogen and oxygen atoms in total. The lowest BCUT2D eigenvalue weighted by molar-refractivity contribution is 0.0783. The van der Waals surface area contributed by atoms with Crippen LogP contribution in [0.1, 0.15) is 5.56 Å². The molecule has 2 fully saturated rings. The minimum atomic E-state index is -0.965. The number of nitrogens with two attached hydrogens (primary N) is 2. The molecule has 3 heterocycles. The van der Waals surface area contributed by atoms with Crippen LogP contribution < -0.4 is 26.2 Å². The molecule has 12 heteroatoms. The summed E-state index contributed by atoms with van der Waals surface area (Å²) < 4.78 is 25.2. The average molecular weight is 458 g/mol. The molecule has 2 aliphatic rings. The molecular formula is C21H27FN8O3. The molecule has 0 saturated carbocycles. The van der Waals surface area contributed by atoms with E-state index in [0.717, 1.165) is 24.7 Å². The number of halogens is 1. The van der Waals surface area contributed by atoms with Crippen molar-refractivity contribution in [3.63, 3.8) is 0 Å². The van der Waals surface area contributed by atoms with Gasteiger partial charge in [-0.15, -0.1) is 4.99 Å². The van der Waals surface area contributed by atoms with Crippen LogP contribution in [0, 0.1) is 5.82 Å². The zero-order valence-corrected chi connectivity index (χ0v) is 18.4. The Labute approximate surface area is 190 Å². The summed E-state index contributed by atoms with van der Waals surface area (Å²) in [5, 5.41) is 0. The first kappa shape index (κ1) is 22.5. The van der Waals surface area contributed by atoms with Crippen LogP contribution in [0.2, 0.25) is 0 Å². The molecule has 0 bridgehead atoms. The van der Waals surface area contributed by atoms with E-state index in [1.54, 1.807) is 37.7 Å². The zero-order valence-electron chi connectivity index (χ0n) is 18.4. The largest absolute Gasteiger partial charge is 0.443 e. The Balaban J connectivity index is 1.33. The molecule has 1 aromatic heterocycles. The van der Waals surface area contributed by atoms with Crippen LogP contribution in [0.25, 0.3) is 0 Å². The molecular weight excluding hydrogens is 431 g/mol. The van der Waals surface area contributed by atoms with E-state index in [4.69, 9.17) is 20.9 Å². The third kappa shape index (κ3) is 5.22. The fraction of sp³-hybridized carbons (Fsp3) is 0.429. The lowest BCUT2D eigenvalue weighted by atomic mass is 10.1.